The van der Waals surface area contributed by atoms with Gasteiger partial charge in [-0.2, -0.15) is 0 Å². The molecular formula is C20H32FN3O2. The minimum absolute atomic E-state index is 0.00423. The number of piperidine rings is 1. The normalized spacial score (nSPS) is 28.3. The fraction of sp³-hybridized carbons (Fsp3) is 0.850. The van der Waals surface area contributed by atoms with Gasteiger partial charge in [0.05, 0.1) is 6.54 Å². The Labute approximate surface area is 156 Å². The molecule has 0 N–H and O–H groups in total. The van der Waals surface area contributed by atoms with Crippen molar-refractivity contribution in [3.8, 4) is 0 Å². The molecule has 1 saturated heterocycles. The monoisotopic (exact) mass is 365 g/mol. The zero-order chi connectivity index (χ0) is 18.9. The van der Waals surface area contributed by atoms with Crippen LogP contribution in [0.15, 0.2) is 4.99 Å². The zero-order valence-electron chi connectivity index (χ0n) is 16.4. The number of hydrogen-bond acceptors (Lipinski definition) is 3. The number of aliphatic imine (C=N–C) groups is 1. The number of carbonyl (C=O) groups excluding carboxylic acids is 2. The van der Waals surface area contributed by atoms with Gasteiger partial charge in [-0.3, -0.25) is 19.5 Å². The third-order valence-electron chi connectivity index (χ3n) is 6.05. The van der Waals surface area contributed by atoms with E-state index < -0.39 is 17.1 Å². The quantitative estimate of drug-likeness (QED) is 0.749. The van der Waals surface area contributed by atoms with E-state index in [4.69, 9.17) is 4.99 Å². The molecule has 2 heterocycles. The van der Waals surface area contributed by atoms with Crippen LogP contribution in [0.25, 0.3) is 0 Å². The predicted molar refractivity (Wildman–Crippen MR) is 99.8 cm³/mol. The molecule has 0 aromatic rings. The number of halogens is 1. The lowest BCUT2D eigenvalue weighted by molar-refractivity contribution is -0.148. The first-order valence-electron chi connectivity index (χ1n) is 10.2. The van der Waals surface area contributed by atoms with Crippen LogP contribution >= 0.6 is 0 Å². The summed E-state index contributed by atoms with van der Waals surface area (Å²) in [4.78, 5) is 34.3. The number of nitrogens with zero attached hydrogens (tertiary/aromatic N) is 3. The number of carbonyl (C=O) groups is 2. The van der Waals surface area contributed by atoms with Crippen LogP contribution in [0, 0.1) is 0 Å². The van der Waals surface area contributed by atoms with Crippen molar-refractivity contribution in [2.24, 2.45) is 4.99 Å². The standard InChI is InChI=1S/C20H32FN3O2/c1-4-5-9-16-22-20(18(26)24(16)15(2)3)12-8-13-23(14-20)17(25)19(21)10-6-7-11-19/h15H,4-14H2,1-3H3. The molecule has 2 aliphatic heterocycles. The first-order valence-corrected chi connectivity index (χ1v) is 10.2. The molecular weight excluding hydrogens is 333 g/mol. The van der Waals surface area contributed by atoms with Crippen LogP contribution in [0.1, 0.15) is 78.6 Å². The minimum atomic E-state index is -1.73. The molecule has 1 atom stereocenters. The van der Waals surface area contributed by atoms with Gasteiger partial charge in [0.15, 0.2) is 11.2 Å². The lowest BCUT2D eigenvalue weighted by Crippen LogP contribution is -2.58. The molecule has 2 fully saturated rings. The Bertz CT molecular complexity index is 598. The van der Waals surface area contributed by atoms with Crippen molar-refractivity contribution in [3.05, 3.63) is 0 Å². The van der Waals surface area contributed by atoms with Crippen molar-refractivity contribution < 1.29 is 14.0 Å². The van der Waals surface area contributed by atoms with Crippen molar-refractivity contribution >= 4 is 17.6 Å². The molecule has 0 aromatic heterocycles. The molecule has 2 amide bonds. The average Bonchev–Trinajstić information content (AvgIpc) is 3.16. The molecule has 5 nitrogen and oxygen atoms in total. The molecule has 0 radical (unpaired) electrons. The maximum atomic E-state index is 15.0. The summed E-state index contributed by atoms with van der Waals surface area (Å²) in [6.07, 6.45) is 6.31. The van der Waals surface area contributed by atoms with E-state index in [0.29, 0.717) is 32.2 Å². The van der Waals surface area contributed by atoms with Crippen molar-refractivity contribution in [1.29, 1.82) is 0 Å². The number of amides is 2. The molecule has 3 rings (SSSR count). The van der Waals surface area contributed by atoms with Gasteiger partial charge in [-0.05, 0) is 58.8 Å². The Morgan fingerprint density at radius 1 is 1.23 bits per heavy atom. The highest BCUT2D eigenvalue weighted by molar-refractivity contribution is 6.09. The Balaban J connectivity index is 1.83. The zero-order valence-corrected chi connectivity index (χ0v) is 16.4. The molecule has 26 heavy (non-hydrogen) atoms. The van der Waals surface area contributed by atoms with Gasteiger partial charge in [0.25, 0.3) is 11.8 Å². The summed E-state index contributed by atoms with van der Waals surface area (Å²) in [5, 5.41) is 0. The molecule has 1 unspecified atom stereocenters. The van der Waals surface area contributed by atoms with Crippen LogP contribution < -0.4 is 0 Å². The second-order valence-electron chi connectivity index (χ2n) is 8.43. The molecule has 1 aliphatic carbocycles. The molecule has 1 spiro atoms. The van der Waals surface area contributed by atoms with Gasteiger partial charge in [0.1, 0.15) is 5.84 Å². The van der Waals surface area contributed by atoms with Crippen LogP contribution in [0.2, 0.25) is 0 Å². The van der Waals surface area contributed by atoms with Crippen LogP contribution in [0.5, 0.6) is 0 Å². The number of likely N-dealkylation sites (tertiary alicyclic amines) is 1. The van der Waals surface area contributed by atoms with E-state index in [1.54, 1.807) is 4.90 Å². The number of alkyl halides is 1. The first kappa shape index (κ1) is 19.3. The van der Waals surface area contributed by atoms with Crippen molar-refractivity contribution in [2.45, 2.75) is 95.8 Å². The summed E-state index contributed by atoms with van der Waals surface area (Å²) in [6.45, 7) is 6.88. The van der Waals surface area contributed by atoms with E-state index >= 15 is 0 Å². The fourth-order valence-corrected chi connectivity index (χ4v) is 4.64. The van der Waals surface area contributed by atoms with E-state index in [1.807, 2.05) is 18.7 Å². The van der Waals surface area contributed by atoms with Crippen LogP contribution in [0.4, 0.5) is 4.39 Å². The summed E-state index contributed by atoms with van der Waals surface area (Å²) >= 11 is 0. The Hall–Kier alpha value is -1.46. The minimum Gasteiger partial charge on any atom is -0.337 e. The Kier molecular flexibility index (Phi) is 5.40. The predicted octanol–water partition coefficient (Wildman–Crippen LogP) is 3.47. The van der Waals surface area contributed by atoms with E-state index in [1.165, 1.54) is 0 Å². The first-order chi connectivity index (χ1) is 12.3. The number of hydrogen-bond donors (Lipinski definition) is 0. The van der Waals surface area contributed by atoms with Gasteiger partial charge < -0.3 is 4.90 Å². The molecule has 146 valence electrons. The van der Waals surface area contributed by atoms with Crippen LogP contribution in [0.3, 0.4) is 0 Å². The second kappa shape index (κ2) is 7.28. The lowest BCUT2D eigenvalue weighted by atomic mass is 9.87. The lowest BCUT2D eigenvalue weighted by Gasteiger charge is -2.39. The summed E-state index contributed by atoms with van der Waals surface area (Å²) in [7, 11) is 0. The second-order valence-corrected chi connectivity index (χ2v) is 8.43. The summed E-state index contributed by atoms with van der Waals surface area (Å²) in [5.41, 5.74) is -2.62. The van der Waals surface area contributed by atoms with Gasteiger partial charge in [0.2, 0.25) is 0 Å². The highest BCUT2D eigenvalue weighted by atomic mass is 19.1. The summed E-state index contributed by atoms with van der Waals surface area (Å²) in [6, 6.07) is 0.0471. The fourth-order valence-electron chi connectivity index (χ4n) is 4.64. The summed E-state index contributed by atoms with van der Waals surface area (Å²) < 4.78 is 15.0. The molecule has 1 saturated carbocycles. The Morgan fingerprint density at radius 3 is 2.54 bits per heavy atom. The average molecular weight is 365 g/mol. The van der Waals surface area contributed by atoms with Gasteiger partial charge in [-0.25, -0.2) is 4.39 Å². The van der Waals surface area contributed by atoms with Crippen LogP contribution in [-0.4, -0.2) is 57.8 Å². The van der Waals surface area contributed by atoms with E-state index in [-0.39, 0.29) is 18.5 Å². The van der Waals surface area contributed by atoms with Crippen LogP contribution in [-0.2, 0) is 9.59 Å². The van der Waals surface area contributed by atoms with Gasteiger partial charge in [-0.1, -0.05) is 13.3 Å². The Morgan fingerprint density at radius 2 is 1.92 bits per heavy atom. The number of amidine groups is 1. The maximum absolute atomic E-state index is 15.0. The summed E-state index contributed by atoms with van der Waals surface area (Å²) in [5.74, 6) is 0.419. The topological polar surface area (TPSA) is 53.0 Å². The molecule has 0 aromatic carbocycles. The smallest absolute Gasteiger partial charge is 0.260 e. The molecule has 3 aliphatic rings. The van der Waals surface area contributed by atoms with E-state index in [2.05, 4.69) is 6.92 Å². The third kappa shape index (κ3) is 3.27. The maximum Gasteiger partial charge on any atom is 0.260 e. The van der Waals surface area contributed by atoms with Gasteiger partial charge in [0, 0.05) is 19.0 Å². The largest absolute Gasteiger partial charge is 0.337 e. The third-order valence-corrected chi connectivity index (χ3v) is 6.05. The van der Waals surface area contributed by atoms with Gasteiger partial charge in [-0.15, -0.1) is 0 Å². The van der Waals surface area contributed by atoms with Crippen molar-refractivity contribution in [2.75, 3.05) is 13.1 Å². The van der Waals surface area contributed by atoms with Crippen molar-refractivity contribution in [1.82, 2.24) is 9.80 Å². The van der Waals surface area contributed by atoms with E-state index in [0.717, 1.165) is 37.9 Å². The van der Waals surface area contributed by atoms with E-state index in [9.17, 15) is 14.0 Å². The van der Waals surface area contributed by atoms with Crippen molar-refractivity contribution in [3.63, 3.8) is 0 Å². The number of rotatable bonds is 5. The SMILES string of the molecule is CCCCC1=NC2(CCCN(C(=O)C3(F)CCCC3)C2)C(=O)N1C(C)C. The molecule has 0 bridgehead atoms. The van der Waals surface area contributed by atoms with Gasteiger partial charge >= 0.3 is 0 Å². The highest BCUT2D eigenvalue weighted by Gasteiger charge is 2.53. The number of unbranched alkanes of at least 4 members (excludes halogenated alkanes) is 1. The highest BCUT2D eigenvalue weighted by Crippen LogP contribution is 2.39. The molecule has 6 heteroatoms.